The Balaban J connectivity index is 1.51. The van der Waals surface area contributed by atoms with Crippen molar-refractivity contribution in [3.8, 4) is 0 Å². The molecular weight excluding hydrogens is 426 g/mol. The quantitative estimate of drug-likeness (QED) is 0.709. The second-order valence-corrected chi connectivity index (χ2v) is 10.4. The third-order valence-electron chi connectivity index (χ3n) is 4.15. The van der Waals surface area contributed by atoms with Gasteiger partial charge in [0.05, 0.1) is 0 Å². The van der Waals surface area contributed by atoms with Crippen LogP contribution < -0.4 is 19.6 Å². The zero-order valence-corrected chi connectivity index (χ0v) is 17.0. The van der Waals surface area contributed by atoms with Gasteiger partial charge < -0.3 is 0 Å². The van der Waals surface area contributed by atoms with E-state index >= 15 is 0 Å². The zero-order chi connectivity index (χ0) is 16.4. The summed E-state index contributed by atoms with van der Waals surface area (Å²) >= 11 is 0.974. The Labute approximate surface area is 156 Å². The van der Waals surface area contributed by atoms with Crippen LogP contribution in [0, 0.1) is 0 Å². The van der Waals surface area contributed by atoms with E-state index in [0.29, 0.717) is 36.0 Å². The van der Waals surface area contributed by atoms with Gasteiger partial charge in [-0.1, -0.05) is 0 Å². The van der Waals surface area contributed by atoms with Crippen LogP contribution in [0.15, 0.2) is 70.9 Å². The van der Waals surface area contributed by atoms with Gasteiger partial charge in [-0.25, -0.2) is 0 Å². The molecule has 2 nitrogen and oxygen atoms in total. The molecule has 24 heavy (non-hydrogen) atoms. The Morgan fingerprint density at radius 2 is 1.83 bits per heavy atom. The monoisotopic (exact) mass is 448 g/mol. The normalized spacial score (nSPS) is 21.0. The molecule has 2 aromatic rings. The summed E-state index contributed by atoms with van der Waals surface area (Å²) in [6.45, 7) is 2.25. The molecule has 2 aliphatic heterocycles. The fraction of sp³-hybridized carbons (Fsp3) is 0.200. The van der Waals surface area contributed by atoms with E-state index in [1.54, 1.807) is 0 Å². The van der Waals surface area contributed by atoms with Crippen molar-refractivity contribution in [2.45, 2.75) is 24.7 Å². The molecule has 0 aliphatic carbocycles. The Hall–Kier alpha value is -1.44. The van der Waals surface area contributed by atoms with Gasteiger partial charge in [-0.15, -0.1) is 0 Å². The number of hydrogen-bond acceptors (Lipinski definition) is 2. The Morgan fingerprint density at radius 3 is 2.62 bits per heavy atom. The van der Waals surface area contributed by atoms with E-state index in [0.717, 1.165) is 6.42 Å². The fourth-order valence-electron chi connectivity index (χ4n) is 2.92. The van der Waals surface area contributed by atoms with Gasteiger partial charge in [-0.3, -0.25) is 0 Å². The first-order valence-corrected chi connectivity index (χ1v) is 12.0. The van der Waals surface area contributed by atoms with Crippen molar-refractivity contribution >= 4 is 50.2 Å². The summed E-state index contributed by atoms with van der Waals surface area (Å²) in [5.41, 5.74) is 4.04. The van der Waals surface area contributed by atoms with Crippen LogP contribution in [0.3, 0.4) is 0 Å². The Morgan fingerprint density at radius 1 is 1.08 bits per heavy atom. The summed E-state index contributed by atoms with van der Waals surface area (Å²) < 4.78 is 4.33. The van der Waals surface area contributed by atoms with Gasteiger partial charge in [0.2, 0.25) is 0 Å². The van der Waals surface area contributed by atoms with E-state index in [2.05, 4.69) is 78.2 Å². The van der Waals surface area contributed by atoms with Crippen LogP contribution in [-0.4, -0.2) is 36.0 Å². The van der Waals surface area contributed by atoms with Crippen LogP contribution in [0.1, 0.15) is 13.3 Å². The summed E-state index contributed by atoms with van der Waals surface area (Å²) in [6.07, 6.45) is 5.88. The molecular formula is C20H20N2Se2. The molecule has 0 saturated carbocycles. The second kappa shape index (κ2) is 7.21. The number of hydrogen-bond donors (Lipinski definition) is 2. The average molecular weight is 446 g/mol. The number of allylic oxidation sites excluding steroid dienone is 2. The first-order valence-electron chi connectivity index (χ1n) is 8.26. The van der Waals surface area contributed by atoms with E-state index in [1.165, 1.54) is 35.8 Å². The van der Waals surface area contributed by atoms with Crippen LogP contribution in [0.2, 0.25) is 5.32 Å². The number of nitrogens with one attached hydrogen (secondary N) is 2. The Bertz CT molecular complexity index is 784. The maximum atomic E-state index is 3.70. The van der Waals surface area contributed by atoms with Crippen molar-refractivity contribution in [3.05, 3.63) is 70.9 Å². The van der Waals surface area contributed by atoms with Gasteiger partial charge in [0.1, 0.15) is 0 Å². The fourth-order valence-corrected chi connectivity index (χ4v) is 7.07. The third-order valence-corrected chi connectivity index (χ3v) is 8.78. The molecule has 4 heteroatoms. The zero-order valence-electron chi connectivity index (χ0n) is 13.6. The molecule has 1 unspecified atom stereocenters. The number of benzene rings is 2. The standard InChI is InChI=1S/C20H20N2Se2/c1-2-14(12-20-22-17-8-4-6-10-19(17)24-20)11-15-13-23-18-9-5-3-7-16(18)21-15/h3-12,15,21-22H,2,13H2,1H3. The maximum absolute atomic E-state index is 3.70. The molecule has 2 aliphatic rings. The summed E-state index contributed by atoms with van der Waals surface area (Å²) in [6, 6.07) is 17.8. The minimum atomic E-state index is 0.404. The molecule has 0 spiro atoms. The molecule has 0 bridgehead atoms. The summed E-state index contributed by atoms with van der Waals surface area (Å²) in [5.74, 6) is 0. The van der Waals surface area contributed by atoms with Crippen LogP contribution in [0.5, 0.6) is 0 Å². The first kappa shape index (κ1) is 16.1. The van der Waals surface area contributed by atoms with Crippen molar-refractivity contribution in [3.63, 3.8) is 0 Å². The van der Waals surface area contributed by atoms with Crippen molar-refractivity contribution in [2.24, 2.45) is 0 Å². The van der Waals surface area contributed by atoms with E-state index < -0.39 is 0 Å². The molecule has 1 atom stereocenters. The van der Waals surface area contributed by atoms with Crippen LogP contribution in [0.4, 0.5) is 11.4 Å². The number of rotatable bonds is 3. The molecule has 2 aromatic carbocycles. The molecule has 0 amide bonds. The van der Waals surface area contributed by atoms with Crippen LogP contribution in [0.25, 0.3) is 0 Å². The van der Waals surface area contributed by atoms with Crippen molar-refractivity contribution in [1.29, 1.82) is 0 Å². The summed E-state index contributed by atoms with van der Waals surface area (Å²) in [4.78, 5) is 0. The molecule has 122 valence electrons. The number of fused-ring (bicyclic) bond motifs is 2. The van der Waals surface area contributed by atoms with E-state index in [-0.39, 0.29) is 0 Å². The Kier molecular flexibility index (Phi) is 4.82. The topological polar surface area (TPSA) is 24.1 Å². The van der Waals surface area contributed by atoms with Gasteiger partial charge in [0.25, 0.3) is 0 Å². The molecule has 2 N–H and O–H groups in total. The summed E-state index contributed by atoms with van der Waals surface area (Å²) in [5, 5.41) is 8.51. The van der Waals surface area contributed by atoms with Crippen LogP contribution in [-0.2, 0) is 0 Å². The van der Waals surface area contributed by atoms with E-state index in [9.17, 15) is 0 Å². The van der Waals surface area contributed by atoms with Gasteiger partial charge in [0, 0.05) is 0 Å². The predicted octanol–water partition coefficient (Wildman–Crippen LogP) is 2.86. The molecule has 0 fully saturated rings. The SMILES string of the molecule is CCC(=CC1C[Se]c2ccccc2N1)C=C1Nc2ccccc2[Se]1. The molecule has 0 saturated heterocycles. The number of anilines is 2. The molecule has 0 radical (unpaired) electrons. The van der Waals surface area contributed by atoms with E-state index in [4.69, 9.17) is 0 Å². The van der Waals surface area contributed by atoms with E-state index in [1.807, 2.05) is 0 Å². The number of para-hydroxylation sites is 2. The molecule has 0 aromatic heterocycles. The van der Waals surface area contributed by atoms with Gasteiger partial charge in [-0.2, -0.15) is 0 Å². The summed E-state index contributed by atoms with van der Waals surface area (Å²) in [7, 11) is 0. The minimum absolute atomic E-state index is 0.404. The van der Waals surface area contributed by atoms with Gasteiger partial charge in [0.15, 0.2) is 0 Å². The van der Waals surface area contributed by atoms with Crippen LogP contribution >= 0.6 is 0 Å². The first-order chi connectivity index (χ1) is 11.8. The third kappa shape index (κ3) is 3.48. The van der Waals surface area contributed by atoms with Crippen molar-refractivity contribution in [1.82, 2.24) is 0 Å². The van der Waals surface area contributed by atoms with Gasteiger partial charge >= 0.3 is 156 Å². The van der Waals surface area contributed by atoms with Crippen molar-refractivity contribution < 1.29 is 0 Å². The average Bonchev–Trinajstić information content (AvgIpc) is 3.03. The molecule has 4 rings (SSSR count). The molecule has 2 heterocycles. The predicted molar refractivity (Wildman–Crippen MR) is 106 cm³/mol. The van der Waals surface area contributed by atoms with Crippen molar-refractivity contribution in [2.75, 3.05) is 10.6 Å². The van der Waals surface area contributed by atoms with Gasteiger partial charge in [-0.05, 0) is 0 Å². The second-order valence-electron chi connectivity index (χ2n) is 5.88.